The largest absolute Gasteiger partial charge is 0.252 e. The molecule has 0 aliphatic carbocycles. The van der Waals surface area contributed by atoms with Gasteiger partial charge in [0.05, 0.1) is 0 Å². The maximum absolute atomic E-state index is 13.1. The van der Waals surface area contributed by atoms with Gasteiger partial charge in [0.25, 0.3) is 10.0 Å². The Hall–Kier alpha value is -1.24. The number of nitrogens with zero attached hydrogens (tertiary/aromatic N) is 1. The SMILES string of the molecule is O=S(=O)(c1ccc(F)s1)N1CCC(Cc2ccccc2)CC1. The average Bonchev–Trinajstić information content (AvgIpc) is 2.96. The van der Waals surface area contributed by atoms with E-state index in [2.05, 4.69) is 12.1 Å². The zero-order chi connectivity index (χ0) is 15.6. The Morgan fingerprint density at radius 1 is 1.09 bits per heavy atom. The minimum absolute atomic E-state index is 0.103. The van der Waals surface area contributed by atoms with Crippen LogP contribution in [0, 0.1) is 11.0 Å². The number of thiophene rings is 1. The van der Waals surface area contributed by atoms with Crippen LogP contribution in [0.25, 0.3) is 0 Å². The Morgan fingerprint density at radius 3 is 2.36 bits per heavy atom. The molecule has 118 valence electrons. The number of rotatable bonds is 4. The van der Waals surface area contributed by atoms with E-state index >= 15 is 0 Å². The first-order chi connectivity index (χ1) is 10.6. The highest BCUT2D eigenvalue weighted by molar-refractivity contribution is 7.91. The number of hydrogen-bond acceptors (Lipinski definition) is 3. The van der Waals surface area contributed by atoms with E-state index in [9.17, 15) is 12.8 Å². The van der Waals surface area contributed by atoms with Crippen molar-refractivity contribution < 1.29 is 12.8 Å². The van der Waals surface area contributed by atoms with Gasteiger partial charge < -0.3 is 0 Å². The number of halogens is 1. The molecule has 1 aromatic carbocycles. The van der Waals surface area contributed by atoms with E-state index in [0.717, 1.165) is 19.3 Å². The smallest absolute Gasteiger partial charge is 0.206 e. The molecule has 0 atom stereocenters. The third-order valence-corrected chi connectivity index (χ3v) is 7.32. The summed E-state index contributed by atoms with van der Waals surface area (Å²) < 4.78 is 39.5. The molecule has 0 spiro atoms. The maximum atomic E-state index is 13.1. The van der Waals surface area contributed by atoms with Gasteiger partial charge in [-0.25, -0.2) is 8.42 Å². The molecule has 0 amide bonds. The normalized spacial score (nSPS) is 17.7. The standard InChI is InChI=1S/C16H18FNO2S2/c17-15-6-7-16(21-15)22(19,20)18-10-8-14(9-11-18)12-13-4-2-1-3-5-13/h1-7,14H,8-12H2. The second-order valence-corrected chi connectivity index (χ2v) is 8.79. The molecule has 2 aromatic rings. The predicted octanol–water partition coefficient (Wildman–Crippen LogP) is 3.53. The highest BCUT2D eigenvalue weighted by atomic mass is 32.2. The Kier molecular flexibility index (Phi) is 4.61. The minimum Gasteiger partial charge on any atom is -0.206 e. The summed E-state index contributed by atoms with van der Waals surface area (Å²) in [5.41, 5.74) is 1.30. The van der Waals surface area contributed by atoms with Crippen molar-refractivity contribution in [2.24, 2.45) is 5.92 Å². The third-order valence-electron chi connectivity index (χ3n) is 4.08. The van der Waals surface area contributed by atoms with Crippen molar-refractivity contribution in [3.8, 4) is 0 Å². The topological polar surface area (TPSA) is 37.4 Å². The minimum atomic E-state index is -3.53. The third kappa shape index (κ3) is 3.39. The van der Waals surface area contributed by atoms with Crippen molar-refractivity contribution in [2.45, 2.75) is 23.5 Å². The lowest BCUT2D eigenvalue weighted by Gasteiger charge is -2.30. The van der Waals surface area contributed by atoms with Gasteiger partial charge in [-0.3, -0.25) is 0 Å². The molecular weight excluding hydrogens is 321 g/mol. The fraction of sp³-hybridized carbons (Fsp3) is 0.375. The van der Waals surface area contributed by atoms with Crippen LogP contribution in [-0.4, -0.2) is 25.8 Å². The van der Waals surface area contributed by atoms with Gasteiger partial charge in [0.1, 0.15) is 4.21 Å². The van der Waals surface area contributed by atoms with Gasteiger partial charge in [0, 0.05) is 13.1 Å². The second kappa shape index (κ2) is 6.48. The van der Waals surface area contributed by atoms with Crippen LogP contribution in [0.15, 0.2) is 46.7 Å². The molecule has 1 aliphatic heterocycles. The van der Waals surface area contributed by atoms with Crippen molar-refractivity contribution in [3.05, 3.63) is 53.2 Å². The zero-order valence-corrected chi connectivity index (χ0v) is 13.7. The van der Waals surface area contributed by atoms with Gasteiger partial charge in [-0.2, -0.15) is 8.70 Å². The van der Waals surface area contributed by atoms with Crippen LogP contribution in [0.1, 0.15) is 18.4 Å². The molecule has 0 N–H and O–H groups in total. The highest BCUT2D eigenvalue weighted by Crippen LogP contribution is 2.29. The van der Waals surface area contributed by atoms with Gasteiger partial charge in [-0.15, -0.1) is 0 Å². The summed E-state index contributed by atoms with van der Waals surface area (Å²) in [6.07, 6.45) is 2.69. The molecule has 3 nitrogen and oxygen atoms in total. The molecule has 1 saturated heterocycles. The van der Waals surface area contributed by atoms with Crippen LogP contribution in [-0.2, 0) is 16.4 Å². The number of hydrogen-bond donors (Lipinski definition) is 0. The van der Waals surface area contributed by atoms with Gasteiger partial charge in [-0.05, 0) is 42.9 Å². The molecule has 1 aromatic heterocycles. The average molecular weight is 339 g/mol. The van der Waals surface area contributed by atoms with Crippen LogP contribution in [0.4, 0.5) is 4.39 Å². The number of piperidine rings is 1. The molecule has 22 heavy (non-hydrogen) atoms. The van der Waals surface area contributed by atoms with Crippen molar-refractivity contribution in [3.63, 3.8) is 0 Å². The van der Waals surface area contributed by atoms with E-state index < -0.39 is 15.2 Å². The molecule has 1 fully saturated rings. The van der Waals surface area contributed by atoms with E-state index in [-0.39, 0.29) is 4.21 Å². The van der Waals surface area contributed by atoms with Crippen LogP contribution in [0.2, 0.25) is 0 Å². The fourth-order valence-electron chi connectivity index (χ4n) is 2.86. The first-order valence-corrected chi connectivity index (χ1v) is 9.61. The summed E-state index contributed by atoms with van der Waals surface area (Å²) in [6.45, 7) is 1.03. The van der Waals surface area contributed by atoms with Gasteiger partial charge in [-0.1, -0.05) is 41.7 Å². The lowest BCUT2D eigenvalue weighted by molar-refractivity contribution is 0.273. The number of benzene rings is 1. The maximum Gasteiger partial charge on any atom is 0.252 e. The monoisotopic (exact) mass is 339 g/mol. The van der Waals surface area contributed by atoms with Crippen LogP contribution < -0.4 is 0 Å². The Labute approximate surface area is 134 Å². The van der Waals surface area contributed by atoms with E-state index in [1.807, 2.05) is 18.2 Å². The highest BCUT2D eigenvalue weighted by Gasteiger charge is 2.30. The Balaban J connectivity index is 1.62. The van der Waals surface area contributed by atoms with Crippen molar-refractivity contribution in [1.29, 1.82) is 0 Å². The molecule has 0 unspecified atom stereocenters. The first-order valence-electron chi connectivity index (χ1n) is 7.35. The van der Waals surface area contributed by atoms with Crippen molar-refractivity contribution in [2.75, 3.05) is 13.1 Å². The lowest BCUT2D eigenvalue weighted by atomic mass is 9.91. The first kappa shape index (κ1) is 15.6. The molecule has 2 heterocycles. The summed E-state index contributed by atoms with van der Waals surface area (Å²) in [6, 6.07) is 12.8. The molecule has 1 aliphatic rings. The van der Waals surface area contributed by atoms with Gasteiger partial charge in [0.15, 0.2) is 5.13 Å². The summed E-state index contributed by atoms with van der Waals surface area (Å²) in [5.74, 6) is 0.508. The van der Waals surface area contributed by atoms with E-state index in [1.54, 1.807) is 0 Å². The molecule has 0 bridgehead atoms. The van der Waals surface area contributed by atoms with Crippen LogP contribution in [0.3, 0.4) is 0 Å². The van der Waals surface area contributed by atoms with Gasteiger partial charge >= 0.3 is 0 Å². The van der Waals surface area contributed by atoms with Crippen molar-refractivity contribution >= 4 is 21.4 Å². The van der Waals surface area contributed by atoms with Crippen LogP contribution >= 0.6 is 11.3 Å². The predicted molar refractivity (Wildman–Crippen MR) is 85.9 cm³/mol. The zero-order valence-electron chi connectivity index (χ0n) is 12.1. The van der Waals surface area contributed by atoms with E-state index in [0.29, 0.717) is 30.3 Å². The Bertz CT molecular complexity index is 720. The summed E-state index contributed by atoms with van der Waals surface area (Å²) in [7, 11) is -3.53. The lowest BCUT2D eigenvalue weighted by Crippen LogP contribution is -2.38. The molecule has 0 saturated carbocycles. The van der Waals surface area contributed by atoms with Crippen molar-refractivity contribution in [1.82, 2.24) is 4.31 Å². The van der Waals surface area contributed by atoms with Crippen LogP contribution in [0.5, 0.6) is 0 Å². The molecular formula is C16H18FNO2S2. The molecule has 0 radical (unpaired) electrons. The fourth-order valence-corrected chi connectivity index (χ4v) is 5.49. The van der Waals surface area contributed by atoms with E-state index in [1.165, 1.54) is 22.0 Å². The van der Waals surface area contributed by atoms with Gasteiger partial charge in [0.2, 0.25) is 0 Å². The second-order valence-electron chi connectivity index (χ2n) is 5.60. The quantitative estimate of drug-likeness (QED) is 0.854. The summed E-state index contributed by atoms with van der Waals surface area (Å²) >= 11 is 0.695. The summed E-state index contributed by atoms with van der Waals surface area (Å²) in [5, 5.41) is -0.461. The number of sulfonamides is 1. The molecule has 6 heteroatoms. The summed E-state index contributed by atoms with van der Waals surface area (Å²) in [4.78, 5) is 0. The Morgan fingerprint density at radius 2 is 1.77 bits per heavy atom. The molecule has 3 rings (SSSR count). The van der Waals surface area contributed by atoms with E-state index in [4.69, 9.17) is 0 Å².